The summed E-state index contributed by atoms with van der Waals surface area (Å²) in [6.45, 7) is 4.38. The molecule has 0 aliphatic heterocycles. The molecule has 0 bridgehead atoms. The van der Waals surface area contributed by atoms with Crippen molar-refractivity contribution in [3.05, 3.63) is 64.1 Å². The van der Waals surface area contributed by atoms with Crippen molar-refractivity contribution in [2.75, 3.05) is 11.5 Å². The van der Waals surface area contributed by atoms with Crippen molar-refractivity contribution in [1.82, 2.24) is 10.2 Å². The predicted octanol–water partition coefficient (Wildman–Crippen LogP) is 3.70. The molecule has 3 rings (SSSR count). The highest BCUT2D eigenvalue weighted by molar-refractivity contribution is 7.09. The molecule has 0 unspecified atom stereocenters. The van der Waals surface area contributed by atoms with Crippen LogP contribution in [-0.2, 0) is 11.3 Å². The Kier molecular flexibility index (Phi) is 4.96. The van der Waals surface area contributed by atoms with Gasteiger partial charge in [0.1, 0.15) is 5.75 Å². The van der Waals surface area contributed by atoms with Gasteiger partial charge in [-0.05, 0) is 37.4 Å². The zero-order chi connectivity index (χ0) is 16.9. The van der Waals surface area contributed by atoms with Crippen molar-refractivity contribution in [2.45, 2.75) is 20.4 Å². The second kappa shape index (κ2) is 7.31. The Bertz CT molecular complexity index is 794. The molecule has 24 heavy (non-hydrogen) atoms. The van der Waals surface area contributed by atoms with Gasteiger partial charge in [0.2, 0.25) is 0 Å². The van der Waals surface area contributed by atoms with Gasteiger partial charge in [0.25, 0.3) is 5.91 Å². The highest BCUT2D eigenvalue weighted by Gasteiger charge is 2.20. The molecule has 1 aromatic carbocycles. The summed E-state index contributed by atoms with van der Waals surface area (Å²) in [6, 6.07) is 11.7. The quantitative estimate of drug-likeness (QED) is 0.744. The number of rotatable bonds is 6. The van der Waals surface area contributed by atoms with Gasteiger partial charge >= 0.3 is 0 Å². The van der Waals surface area contributed by atoms with Gasteiger partial charge in [0, 0.05) is 11.1 Å². The third-order valence-corrected chi connectivity index (χ3v) is 4.53. The summed E-state index contributed by atoms with van der Waals surface area (Å²) in [6.07, 6.45) is 1.74. The number of ether oxygens (including phenoxy) is 1. The number of aromatic nitrogens is 2. The van der Waals surface area contributed by atoms with Crippen LogP contribution >= 0.6 is 11.3 Å². The van der Waals surface area contributed by atoms with Gasteiger partial charge in [-0.1, -0.05) is 23.8 Å². The van der Waals surface area contributed by atoms with Crippen LogP contribution in [-0.4, -0.2) is 22.7 Å². The summed E-state index contributed by atoms with van der Waals surface area (Å²) in [5.74, 6) is 0.586. The first-order valence-electron chi connectivity index (χ1n) is 7.66. The van der Waals surface area contributed by atoms with Gasteiger partial charge in [-0.15, -0.1) is 11.3 Å². The van der Waals surface area contributed by atoms with Gasteiger partial charge in [0.15, 0.2) is 6.61 Å². The normalized spacial score (nSPS) is 10.6. The van der Waals surface area contributed by atoms with Crippen LogP contribution in [0.5, 0.6) is 5.75 Å². The van der Waals surface area contributed by atoms with E-state index in [9.17, 15) is 4.79 Å². The van der Waals surface area contributed by atoms with E-state index in [1.54, 1.807) is 22.4 Å². The maximum atomic E-state index is 12.7. The van der Waals surface area contributed by atoms with E-state index in [0.717, 1.165) is 21.8 Å². The molecule has 1 N–H and O–H groups in total. The number of aryl methyl sites for hydroxylation is 2. The molecule has 5 nitrogen and oxygen atoms in total. The highest BCUT2D eigenvalue weighted by Crippen LogP contribution is 2.22. The first-order valence-corrected chi connectivity index (χ1v) is 8.54. The number of aromatic amines is 1. The minimum Gasteiger partial charge on any atom is -0.484 e. The van der Waals surface area contributed by atoms with Gasteiger partial charge in [-0.25, -0.2) is 0 Å². The lowest BCUT2D eigenvalue weighted by atomic mass is 10.2. The summed E-state index contributed by atoms with van der Waals surface area (Å²) < 4.78 is 5.64. The van der Waals surface area contributed by atoms with Crippen LogP contribution in [0, 0.1) is 13.8 Å². The van der Waals surface area contributed by atoms with Crippen molar-refractivity contribution in [2.24, 2.45) is 0 Å². The van der Waals surface area contributed by atoms with E-state index in [1.807, 2.05) is 55.6 Å². The number of carbonyl (C=O) groups excluding carboxylic acids is 1. The lowest BCUT2D eigenvalue weighted by molar-refractivity contribution is -0.120. The van der Waals surface area contributed by atoms with Crippen LogP contribution in [0.2, 0.25) is 0 Å². The average Bonchev–Trinajstić information content (AvgIpc) is 3.23. The smallest absolute Gasteiger partial charge is 0.265 e. The van der Waals surface area contributed by atoms with Crippen LogP contribution < -0.4 is 9.64 Å². The molecule has 1 amide bonds. The molecule has 0 saturated heterocycles. The molecular formula is C18H19N3O2S. The Morgan fingerprint density at radius 1 is 1.25 bits per heavy atom. The summed E-state index contributed by atoms with van der Waals surface area (Å²) in [5, 5.41) is 8.94. The highest BCUT2D eigenvalue weighted by atomic mass is 32.1. The van der Waals surface area contributed by atoms with E-state index in [-0.39, 0.29) is 12.5 Å². The molecule has 0 radical (unpaired) electrons. The number of hydrogen-bond donors (Lipinski definition) is 1. The van der Waals surface area contributed by atoms with E-state index >= 15 is 0 Å². The Morgan fingerprint density at radius 3 is 2.67 bits per heavy atom. The lowest BCUT2D eigenvalue weighted by Crippen LogP contribution is -2.34. The molecular weight excluding hydrogens is 322 g/mol. The minimum atomic E-state index is -0.103. The number of amides is 1. The van der Waals surface area contributed by atoms with E-state index in [1.165, 1.54) is 0 Å². The summed E-state index contributed by atoms with van der Waals surface area (Å²) in [5.41, 5.74) is 2.72. The molecule has 2 heterocycles. The van der Waals surface area contributed by atoms with E-state index in [4.69, 9.17) is 4.74 Å². The van der Waals surface area contributed by atoms with Crippen molar-refractivity contribution < 1.29 is 9.53 Å². The summed E-state index contributed by atoms with van der Waals surface area (Å²) in [4.78, 5) is 15.5. The second-order valence-corrected chi connectivity index (χ2v) is 6.55. The first kappa shape index (κ1) is 16.3. The zero-order valence-electron chi connectivity index (χ0n) is 13.7. The number of nitrogens with one attached hydrogen (secondary N) is 1. The van der Waals surface area contributed by atoms with Crippen molar-refractivity contribution in [3.63, 3.8) is 0 Å². The monoisotopic (exact) mass is 341 g/mol. The van der Waals surface area contributed by atoms with Crippen LogP contribution in [0.3, 0.4) is 0 Å². The van der Waals surface area contributed by atoms with Gasteiger partial charge in [-0.2, -0.15) is 5.10 Å². The van der Waals surface area contributed by atoms with Crippen LogP contribution in [0.15, 0.2) is 48.0 Å². The number of hydrogen-bond acceptors (Lipinski definition) is 4. The Labute approximate surface area is 144 Å². The molecule has 6 heteroatoms. The minimum absolute atomic E-state index is 0.0148. The van der Waals surface area contributed by atoms with Crippen LogP contribution in [0.4, 0.5) is 5.69 Å². The average molecular weight is 341 g/mol. The van der Waals surface area contributed by atoms with Crippen LogP contribution in [0.1, 0.15) is 16.1 Å². The zero-order valence-corrected chi connectivity index (χ0v) is 14.5. The summed E-state index contributed by atoms with van der Waals surface area (Å²) in [7, 11) is 0. The Morgan fingerprint density at radius 2 is 2.04 bits per heavy atom. The Balaban J connectivity index is 1.73. The summed E-state index contributed by atoms with van der Waals surface area (Å²) >= 11 is 1.62. The molecule has 124 valence electrons. The fourth-order valence-electron chi connectivity index (χ4n) is 2.35. The van der Waals surface area contributed by atoms with Crippen molar-refractivity contribution in [3.8, 4) is 5.75 Å². The largest absolute Gasteiger partial charge is 0.484 e. The SMILES string of the molecule is Cc1ccc(OCC(=O)N(Cc2cccs2)c2c[nH]nc2C)cc1. The van der Waals surface area contributed by atoms with Gasteiger partial charge in [-0.3, -0.25) is 9.89 Å². The van der Waals surface area contributed by atoms with Gasteiger partial charge in [0.05, 0.1) is 17.9 Å². The first-order chi connectivity index (χ1) is 11.6. The second-order valence-electron chi connectivity index (χ2n) is 5.52. The molecule has 2 aromatic heterocycles. The van der Waals surface area contributed by atoms with Gasteiger partial charge < -0.3 is 9.64 Å². The number of thiophene rings is 1. The number of nitrogens with zero attached hydrogens (tertiary/aromatic N) is 2. The standard InChI is InChI=1S/C18H19N3O2S/c1-13-5-7-15(8-6-13)23-12-18(22)21(11-16-4-3-9-24-16)17-10-19-20-14(17)2/h3-10H,11-12H2,1-2H3,(H,19,20). The maximum absolute atomic E-state index is 12.7. The third-order valence-electron chi connectivity index (χ3n) is 3.67. The third kappa shape index (κ3) is 3.83. The maximum Gasteiger partial charge on any atom is 0.265 e. The molecule has 3 aromatic rings. The fourth-order valence-corrected chi connectivity index (χ4v) is 3.04. The molecule has 0 aliphatic carbocycles. The Hall–Kier alpha value is -2.60. The molecule has 0 spiro atoms. The number of carbonyl (C=O) groups is 1. The molecule has 0 fully saturated rings. The van der Waals surface area contributed by atoms with E-state index in [2.05, 4.69) is 10.2 Å². The van der Waals surface area contributed by atoms with Crippen molar-refractivity contribution in [1.29, 1.82) is 0 Å². The topological polar surface area (TPSA) is 58.2 Å². The molecule has 0 aliphatic rings. The van der Waals surface area contributed by atoms with Crippen molar-refractivity contribution >= 4 is 22.9 Å². The van der Waals surface area contributed by atoms with E-state index in [0.29, 0.717) is 12.3 Å². The lowest BCUT2D eigenvalue weighted by Gasteiger charge is -2.21. The fraction of sp³-hybridized carbons (Fsp3) is 0.222. The van der Waals surface area contributed by atoms with E-state index < -0.39 is 0 Å². The van der Waals surface area contributed by atoms with Crippen LogP contribution in [0.25, 0.3) is 0 Å². The molecule has 0 atom stereocenters. The predicted molar refractivity (Wildman–Crippen MR) is 95.5 cm³/mol. The molecule has 0 saturated carbocycles. The number of anilines is 1. The number of benzene rings is 1. The number of H-pyrrole nitrogens is 1.